The first-order chi connectivity index (χ1) is 8.87. The average molecular weight is 288 g/mol. The molecule has 2 rings (SSSR count). The Morgan fingerprint density at radius 1 is 1.47 bits per heavy atom. The summed E-state index contributed by atoms with van der Waals surface area (Å²) < 4.78 is 35.7. The van der Waals surface area contributed by atoms with Crippen molar-refractivity contribution in [2.45, 2.75) is 25.2 Å². The molecule has 0 amide bonds. The maximum atomic E-state index is 12.5. The van der Waals surface area contributed by atoms with Crippen molar-refractivity contribution >= 4 is 16.0 Å². The van der Waals surface area contributed by atoms with E-state index in [2.05, 4.69) is 9.89 Å². The van der Waals surface area contributed by atoms with Gasteiger partial charge in [0.2, 0.25) is 10.0 Å². The number of methoxy groups -OCH3 is 1. The van der Waals surface area contributed by atoms with E-state index < -0.39 is 15.9 Å². The smallest absolute Gasteiger partial charge is 0.310 e. The molecule has 1 aliphatic rings. The van der Waals surface area contributed by atoms with E-state index in [9.17, 15) is 13.2 Å². The van der Waals surface area contributed by atoms with Gasteiger partial charge in [-0.1, -0.05) is 5.16 Å². The summed E-state index contributed by atoms with van der Waals surface area (Å²) in [6, 6.07) is 0. The van der Waals surface area contributed by atoms with Gasteiger partial charge in [-0.2, -0.15) is 4.31 Å². The number of esters is 1. The van der Waals surface area contributed by atoms with Crippen LogP contribution < -0.4 is 0 Å². The zero-order valence-electron chi connectivity index (χ0n) is 11.0. The molecule has 0 bridgehead atoms. The molecular weight excluding hydrogens is 272 g/mol. The van der Waals surface area contributed by atoms with Crippen molar-refractivity contribution in [1.82, 2.24) is 9.46 Å². The topological polar surface area (TPSA) is 89.7 Å². The lowest BCUT2D eigenvalue weighted by Gasteiger charge is -2.15. The number of hydrogen-bond donors (Lipinski definition) is 0. The average Bonchev–Trinajstić information content (AvgIpc) is 2.96. The third-order valence-corrected chi connectivity index (χ3v) is 5.36. The number of rotatable bonds is 3. The van der Waals surface area contributed by atoms with Gasteiger partial charge in [-0.15, -0.1) is 0 Å². The summed E-state index contributed by atoms with van der Waals surface area (Å²) in [5.74, 6) is -0.518. The Morgan fingerprint density at radius 2 is 2.16 bits per heavy atom. The number of nitrogens with zero attached hydrogens (tertiary/aromatic N) is 2. The van der Waals surface area contributed by atoms with Gasteiger partial charge in [0.25, 0.3) is 0 Å². The van der Waals surface area contributed by atoms with E-state index in [1.165, 1.54) is 11.4 Å². The number of sulfonamides is 1. The molecule has 0 saturated carbocycles. The highest BCUT2D eigenvalue weighted by Crippen LogP contribution is 2.28. The van der Waals surface area contributed by atoms with E-state index in [0.717, 1.165) is 0 Å². The normalized spacial score (nSPS) is 20.7. The van der Waals surface area contributed by atoms with E-state index in [-0.39, 0.29) is 23.2 Å². The van der Waals surface area contributed by atoms with Gasteiger partial charge in [0, 0.05) is 13.1 Å². The lowest BCUT2D eigenvalue weighted by atomic mass is 10.1. The summed E-state index contributed by atoms with van der Waals surface area (Å²) in [7, 11) is -2.36. The molecule has 19 heavy (non-hydrogen) atoms. The molecule has 1 aromatic heterocycles. The molecule has 106 valence electrons. The molecule has 8 heteroatoms. The fourth-order valence-electron chi connectivity index (χ4n) is 2.28. The number of hydrogen-bond acceptors (Lipinski definition) is 6. The number of aryl methyl sites for hydroxylation is 2. The van der Waals surface area contributed by atoms with Crippen LogP contribution in [0.5, 0.6) is 0 Å². The van der Waals surface area contributed by atoms with Crippen LogP contribution in [0.1, 0.15) is 17.9 Å². The third-order valence-electron chi connectivity index (χ3n) is 3.25. The minimum atomic E-state index is -3.66. The zero-order valence-corrected chi connectivity index (χ0v) is 11.9. The number of ether oxygens (including phenoxy) is 1. The zero-order chi connectivity index (χ0) is 14.2. The van der Waals surface area contributed by atoms with Crippen LogP contribution in [0.4, 0.5) is 0 Å². The van der Waals surface area contributed by atoms with Crippen molar-refractivity contribution in [2.24, 2.45) is 5.92 Å². The quantitative estimate of drug-likeness (QED) is 0.751. The molecule has 1 saturated heterocycles. The Balaban J connectivity index is 2.26. The second-order valence-electron chi connectivity index (χ2n) is 4.53. The Labute approximate surface area is 111 Å². The molecule has 7 nitrogen and oxygen atoms in total. The van der Waals surface area contributed by atoms with Crippen LogP contribution in [0.3, 0.4) is 0 Å². The predicted molar refractivity (Wildman–Crippen MR) is 64.9 cm³/mol. The molecule has 1 unspecified atom stereocenters. The van der Waals surface area contributed by atoms with Gasteiger partial charge in [-0.05, 0) is 20.3 Å². The fraction of sp³-hybridized carbons (Fsp3) is 0.636. The molecule has 0 aromatic carbocycles. The predicted octanol–water partition coefficient (Wildman–Crippen LogP) is 0.475. The lowest BCUT2D eigenvalue weighted by Crippen LogP contribution is -2.31. The van der Waals surface area contributed by atoms with Gasteiger partial charge in [0.05, 0.1) is 13.0 Å². The van der Waals surface area contributed by atoms with Crippen molar-refractivity contribution in [3.63, 3.8) is 0 Å². The molecule has 0 N–H and O–H groups in total. The van der Waals surface area contributed by atoms with Crippen LogP contribution in [0.25, 0.3) is 0 Å². The standard InChI is InChI=1S/C11H16N2O5S/c1-7-10(8(2)18-12-7)19(15,16)13-5-4-9(6-13)11(14)17-3/h9H,4-6H2,1-3H3. The highest BCUT2D eigenvalue weighted by Gasteiger charge is 2.38. The Hall–Kier alpha value is -1.41. The lowest BCUT2D eigenvalue weighted by molar-refractivity contribution is -0.144. The van der Waals surface area contributed by atoms with Crippen molar-refractivity contribution in [2.75, 3.05) is 20.2 Å². The molecule has 1 fully saturated rings. The van der Waals surface area contributed by atoms with E-state index >= 15 is 0 Å². The Kier molecular flexibility index (Phi) is 3.64. The first-order valence-electron chi connectivity index (χ1n) is 5.88. The van der Waals surface area contributed by atoms with E-state index in [0.29, 0.717) is 18.7 Å². The van der Waals surface area contributed by atoms with Gasteiger partial charge in [0.15, 0.2) is 5.76 Å². The molecule has 0 spiro atoms. The molecule has 1 aromatic rings. The van der Waals surface area contributed by atoms with Gasteiger partial charge in [0.1, 0.15) is 10.6 Å². The van der Waals surface area contributed by atoms with E-state index in [4.69, 9.17) is 4.52 Å². The van der Waals surface area contributed by atoms with Crippen LogP contribution in [-0.4, -0.2) is 44.0 Å². The monoisotopic (exact) mass is 288 g/mol. The maximum Gasteiger partial charge on any atom is 0.310 e. The summed E-state index contributed by atoms with van der Waals surface area (Å²) in [6.45, 7) is 3.57. The van der Waals surface area contributed by atoms with Crippen molar-refractivity contribution in [3.8, 4) is 0 Å². The second kappa shape index (κ2) is 4.93. The maximum absolute atomic E-state index is 12.5. The van der Waals surface area contributed by atoms with Crippen LogP contribution in [0, 0.1) is 19.8 Å². The van der Waals surface area contributed by atoms with Gasteiger partial charge in [-0.25, -0.2) is 8.42 Å². The summed E-state index contributed by atoms with van der Waals surface area (Å²) in [5.41, 5.74) is 0.332. The first kappa shape index (κ1) is 14.0. The first-order valence-corrected chi connectivity index (χ1v) is 7.32. The molecule has 2 heterocycles. The van der Waals surface area contributed by atoms with Crippen molar-refractivity contribution in [1.29, 1.82) is 0 Å². The second-order valence-corrected chi connectivity index (χ2v) is 6.40. The Bertz CT molecular complexity index is 573. The van der Waals surface area contributed by atoms with Crippen molar-refractivity contribution in [3.05, 3.63) is 11.5 Å². The minimum Gasteiger partial charge on any atom is -0.469 e. The minimum absolute atomic E-state index is 0.0954. The molecule has 0 aliphatic carbocycles. The summed E-state index contributed by atoms with van der Waals surface area (Å²) in [5, 5.41) is 3.65. The van der Waals surface area contributed by atoms with Crippen LogP contribution in [0.2, 0.25) is 0 Å². The largest absolute Gasteiger partial charge is 0.469 e. The number of carbonyl (C=O) groups is 1. The molecule has 1 aliphatic heterocycles. The summed E-state index contributed by atoms with van der Waals surface area (Å²) >= 11 is 0. The molecule has 1 atom stereocenters. The third kappa shape index (κ3) is 2.37. The summed E-state index contributed by atoms with van der Waals surface area (Å²) in [4.78, 5) is 11.5. The fourth-order valence-corrected chi connectivity index (χ4v) is 4.07. The highest BCUT2D eigenvalue weighted by atomic mass is 32.2. The Morgan fingerprint density at radius 3 is 2.68 bits per heavy atom. The van der Waals surface area contributed by atoms with Crippen molar-refractivity contribution < 1.29 is 22.5 Å². The van der Waals surface area contributed by atoms with E-state index in [1.54, 1.807) is 13.8 Å². The summed E-state index contributed by atoms with van der Waals surface area (Å²) in [6.07, 6.45) is 0.468. The molecular formula is C11H16N2O5S. The van der Waals surface area contributed by atoms with Gasteiger partial charge in [-0.3, -0.25) is 4.79 Å². The van der Waals surface area contributed by atoms with Crippen LogP contribution in [-0.2, 0) is 19.6 Å². The van der Waals surface area contributed by atoms with Crippen LogP contribution in [0.15, 0.2) is 9.42 Å². The van der Waals surface area contributed by atoms with Crippen LogP contribution >= 0.6 is 0 Å². The van der Waals surface area contributed by atoms with Gasteiger partial charge < -0.3 is 9.26 Å². The number of carbonyl (C=O) groups excluding carboxylic acids is 1. The highest BCUT2D eigenvalue weighted by molar-refractivity contribution is 7.89. The SMILES string of the molecule is COC(=O)C1CCN(S(=O)(=O)c2c(C)noc2C)C1. The molecule has 0 radical (unpaired) electrons. The van der Waals surface area contributed by atoms with Gasteiger partial charge >= 0.3 is 5.97 Å². The number of aromatic nitrogens is 1. The van der Waals surface area contributed by atoms with E-state index in [1.807, 2.05) is 0 Å².